The maximum atomic E-state index is 13.6. The van der Waals surface area contributed by atoms with Gasteiger partial charge in [-0.1, -0.05) is 17.7 Å². The maximum Gasteiger partial charge on any atom is 0.129 e. The summed E-state index contributed by atoms with van der Waals surface area (Å²) in [4.78, 5) is 0. The standard InChI is InChI=1S/C15H15ClFNO/c1-10-7-13(5-6-15(10)19-2)18-9-11-3-4-12(16)8-14(11)17/h3-8,18H,9H2,1-2H3. The highest BCUT2D eigenvalue weighted by Gasteiger charge is 2.04. The Balaban J connectivity index is 2.08. The molecule has 0 bridgehead atoms. The second-order valence-electron chi connectivity index (χ2n) is 4.27. The number of hydrogen-bond acceptors (Lipinski definition) is 2. The van der Waals surface area contributed by atoms with E-state index in [0.717, 1.165) is 17.0 Å². The topological polar surface area (TPSA) is 21.3 Å². The van der Waals surface area contributed by atoms with Crippen LogP contribution in [-0.4, -0.2) is 7.11 Å². The predicted octanol–water partition coefficient (Wildman–Crippen LogP) is 4.41. The molecule has 0 heterocycles. The van der Waals surface area contributed by atoms with Crippen LogP contribution in [0.5, 0.6) is 5.75 Å². The second-order valence-corrected chi connectivity index (χ2v) is 4.71. The molecule has 0 saturated carbocycles. The fourth-order valence-corrected chi connectivity index (χ4v) is 2.01. The number of benzene rings is 2. The van der Waals surface area contributed by atoms with E-state index in [2.05, 4.69) is 5.32 Å². The minimum absolute atomic E-state index is 0.301. The number of aryl methyl sites for hydroxylation is 1. The quantitative estimate of drug-likeness (QED) is 0.895. The van der Waals surface area contributed by atoms with Gasteiger partial charge in [-0.15, -0.1) is 0 Å². The SMILES string of the molecule is COc1ccc(NCc2ccc(Cl)cc2F)cc1C. The lowest BCUT2D eigenvalue weighted by molar-refractivity contribution is 0.412. The van der Waals surface area contributed by atoms with Crippen molar-refractivity contribution in [2.45, 2.75) is 13.5 Å². The van der Waals surface area contributed by atoms with Crippen molar-refractivity contribution in [2.24, 2.45) is 0 Å². The van der Waals surface area contributed by atoms with Gasteiger partial charge in [-0.25, -0.2) is 4.39 Å². The van der Waals surface area contributed by atoms with Gasteiger partial charge >= 0.3 is 0 Å². The molecule has 0 aliphatic heterocycles. The van der Waals surface area contributed by atoms with Crippen LogP contribution in [0.1, 0.15) is 11.1 Å². The Hall–Kier alpha value is -1.74. The van der Waals surface area contributed by atoms with Crippen LogP contribution in [0.2, 0.25) is 5.02 Å². The molecule has 0 fully saturated rings. The highest BCUT2D eigenvalue weighted by atomic mass is 35.5. The van der Waals surface area contributed by atoms with Gasteiger partial charge in [-0.05, 0) is 42.8 Å². The number of rotatable bonds is 4. The molecule has 0 amide bonds. The van der Waals surface area contributed by atoms with Gasteiger partial charge < -0.3 is 10.1 Å². The zero-order valence-electron chi connectivity index (χ0n) is 10.8. The van der Waals surface area contributed by atoms with Crippen LogP contribution in [0.25, 0.3) is 0 Å². The van der Waals surface area contributed by atoms with Crippen LogP contribution in [0, 0.1) is 12.7 Å². The molecule has 0 aromatic heterocycles. The minimum Gasteiger partial charge on any atom is -0.496 e. The van der Waals surface area contributed by atoms with Gasteiger partial charge in [0.05, 0.1) is 7.11 Å². The van der Waals surface area contributed by atoms with Crippen molar-refractivity contribution in [1.82, 2.24) is 0 Å². The molecular formula is C15H15ClFNO. The summed E-state index contributed by atoms with van der Waals surface area (Å²) < 4.78 is 18.8. The molecule has 100 valence electrons. The van der Waals surface area contributed by atoms with Crippen molar-refractivity contribution >= 4 is 17.3 Å². The first kappa shape index (κ1) is 13.7. The van der Waals surface area contributed by atoms with Gasteiger partial charge in [-0.2, -0.15) is 0 Å². The molecule has 0 aliphatic rings. The van der Waals surface area contributed by atoms with Crippen LogP contribution in [-0.2, 0) is 6.54 Å². The van der Waals surface area contributed by atoms with E-state index in [9.17, 15) is 4.39 Å². The zero-order valence-corrected chi connectivity index (χ0v) is 11.6. The second kappa shape index (κ2) is 5.93. The number of methoxy groups -OCH3 is 1. The van der Waals surface area contributed by atoms with Crippen LogP contribution < -0.4 is 10.1 Å². The van der Waals surface area contributed by atoms with E-state index in [1.165, 1.54) is 6.07 Å². The third kappa shape index (κ3) is 3.38. The molecule has 2 rings (SSSR count). The molecule has 0 atom stereocenters. The number of anilines is 1. The Kier molecular flexibility index (Phi) is 4.27. The number of halogens is 2. The minimum atomic E-state index is -0.301. The molecule has 0 unspecified atom stereocenters. The van der Waals surface area contributed by atoms with Crippen molar-refractivity contribution < 1.29 is 9.13 Å². The third-order valence-corrected chi connectivity index (χ3v) is 3.13. The monoisotopic (exact) mass is 279 g/mol. The summed E-state index contributed by atoms with van der Waals surface area (Å²) in [6.45, 7) is 2.38. The molecule has 19 heavy (non-hydrogen) atoms. The van der Waals surface area contributed by atoms with Crippen LogP contribution in [0.15, 0.2) is 36.4 Å². The first-order chi connectivity index (χ1) is 9.10. The molecule has 4 heteroatoms. The summed E-state index contributed by atoms with van der Waals surface area (Å²) in [7, 11) is 1.64. The van der Waals surface area contributed by atoms with E-state index in [0.29, 0.717) is 17.1 Å². The molecule has 1 N–H and O–H groups in total. The lowest BCUT2D eigenvalue weighted by Crippen LogP contribution is -2.02. The summed E-state index contributed by atoms with van der Waals surface area (Å²) in [5.74, 6) is 0.536. The first-order valence-electron chi connectivity index (χ1n) is 5.92. The zero-order chi connectivity index (χ0) is 13.8. The molecule has 0 saturated heterocycles. The molecular weight excluding hydrogens is 265 g/mol. The Morgan fingerprint density at radius 2 is 2.00 bits per heavy atom. The van der Waals surface area contributed by atoms with E-state index in [-0.39, 0.29) is 5.82 Å². The van der Waals surface area contributed by atoms with Gasteiger partial charge in [0.25, 0.3) is 0 Å². The summed E-state index contributed by atoms with van der Waals surface area (Å²) >= 11 is 5.71. The van der Waals surface area contributed by atoms with E-state index < -0.39 is 0 Å². The number of ether oxygens (including phenoxy) is 1. The van der Waals surface area contributed by atoms with Gasteiger partial charge in [-0.3, -0.25) is 0 Å². The Labute approximate surface area is 117 Å². The fourth-order valence-electron chi connectivity index (χ4n) is 1.85. The third-order valence-electron chi connectivity index (χ3n) is 2.89. The highest BCUT2D eigenvalue weighted by molar-refractivity contribution is 6.30. The lowest BCUT2D eigenvalue weighted by Gasteiger charge is -2.10. The Bertz CT molecular complexity index is 586. The summed E-state index contributed by atoms with van der Waals surface area (Å²) in [5, 5.41) is 3.58. The van der Waals surface area contributed by atoms with Crippen LogP contribution >= 0.6 is 11.6 Å². The van der Waals surface area contributed by atoms with Crippen molar-refractivity contribution in [3.63, 3.8) is 0 Å². The molecule has 2 aromatic carbocycles. The van der Waals surface area contributed by atoms with Crippen molar-refractivity contribution in [3.05, 3.63) is 58.4 Å². The van der Waals surface area contributed by atoms with E-state index >= 15 is 0 Å². The van der Waals surface area contributed by atoms with Crippen LogP contribution in [0.3, 0.4) is 0 Å². The molecule has 0 radical (unpaired) electrons. The normalized spacial score (nSPS) is 10.3. The maximum absolute atomic E-state index is 13.6. The fraction of sp³-hybridized carbons (Fsp3) is 0.200. The molecule has 2 nitrogen and oxygen atoms in total. The highest BCUT2D eigenvalue weighted by Crippen LogP contribution is 2.22. The van der Waals surface area contributed by atoms with E-state index in [1.807, 2.05) is 25.1 Å². The average molecular weight is 280 g/mol. The Morgan fingerprint density at radius 1 is 1.21 bits per heavy atom. The van der Waals surface area contributed by atoms with Crippen molar-refractivity contribution in [3.8, 4) is 5.75 Å². The van der Waals surface area contributed by atoms with Gasteiger partial charge in [0, 0.05) is 22.8 Å². The molecule has 0 aliphatic carbocycles. The van der Waals surface area contributed by atoms with Gasteiger partial charge in [0.1, 0.15) is 11.6 Å². The predicted molar refractivity (Wildman–Crippen MR) is 76.5 cm³/mol. The lowest BCUT2D eigenvalue weighted by atomic mass is 10.1. The number of nitrogens with one attached hydrogen (secondary N) is 1. The van der Waals surface area contributed by atoms with Gasteiger partial charge in [0.15, 0.2) is 0 Å². The van der Waals surface area contributed by atoms with Crippen molar-refractivity contribution in [2.75, 3.05) is 12.4 Å². The van der Waals surface area contributed by atoms with E-state index in [4.69, 9.17) is 16.3 Å². The summed E-state index contributed by atoms with van der Waals surface area (Å²) in [6.07, 6.45) is 0. The van der Waals surface area contributed by atoms with Gasteiger partial charge in [0.2, 0.25) is 0 Å². The molecule has 2 aromatic rings. The van der Waals surface area contributed by atoms with Crippen LogP contribution in [0.4, 0.5) is 10.1 Å². The van der Waals surface area contributed by atoms with E-state index in [1.54, 1.807) is 19.2 Å². The average Bonchev–Trinajstić information content (AvgIpc) is 2.38. The number of hydrogen-bond donors (Lipinski definition) is 1. The largest absolute Gasteiger partial charge is 0.496 e. The first-order valence-corrected chi connectivity index (χ1v) is 6.30. The summed E-state index contributed by atoms with van der Waals surface area (Å²) in [6, 6.07) is 10.4. The van der Waals surface area contributed by atoms with Crippen molar-refractivity contribution in [1.29, 1.82) is 0 Å². The molecule has 0 spiro atoms. The Morgan fingerprint density at radius 3 is 2.63 bits per heavy atom. The smallest absolute Gasteiger partial charge is 0.129 e. The summed E-state index contributed by atoms with van der Waals surface area (Å²) in [5.41, 5.74) is 2.54.